The first kappa shape index (κ1) is 19.6. The lowest BCUT2D eigenvalue weighted by atomic mass is 10.4. The van der Waals surface area contributed by atoms with Crippen molar-refractivity contribution in [3.8, 4) is 5.82 Å². The number of anilines is 1. The number of rotatable bonds is 5. The van der Waals surface area contributed by atoms with E-state index < -0.39 is 27.5 Å². The van der Waals surface area contributed by atoms with Crippen molar-refractivity contribution in [2.24, 2.45) is 0 Å². The Labute approximate surface area is 151 Å². The Bertz CT molecular complexity index is 972. The summed E-state index contributed by atoms with van der Waals surface area (Å²) in [5.74, 6) is -0.900. The first-order valence-corrected chi connectivity index (χ1v) is 9.10. The van der Waals surface area contributed by atoms with Crippen LogP contribution in [0.5, 0.6) is 0 Å². The average Bonchev–Trinajstić information content (AvgIpc) is 2.76. The van der Waals surface area contributed by atoms with Crippen molar-refractivity contribution in [1.82, 2.24) is 19.3 Å². The van der Waals surface area contributed by atoms with E-state index in [-0.39, 0.29) is 32.1 Å². The summed E-state index contributed by atoms with van der Waals surface area (Å²) in [6.45, 7) is 0.971. The van der Waals surface area contributed by atoms with Gasteiger partial charge in [-0.1, -0.05) is 23.2 Å². The van der Waals surface area contributed by atoms with Gasteiger partial charge in [-0.15, -0.1) is 5.10 Å². The third-order valence-corrected chi connectivity index (χ3v) is 5.43. The fraction of sp³-hybridized carbons (Fsp3) is 0.417. The van der Waals surface area contributed by atoms with Gasteiger partial charge < -0.3 is 0 Å². The fourth-order valence-corrected chi connectivity index (χ4v) is 2.97. The van der Waals surface area contributed by atoms with E-state index in [1.54, 1.807) is 0 Å². The predicted molar refractivity (Wildman–Crippen MR) is 89.3 cm³/mol. The van der Waals surface area contributed by atoms with Crippen molar-refractivity contribution >= 4 is 39.0 Å². The smallest absolute Gasteiger partial charge is 0.266 e. The van der Waals surface area contributed by atoms with Crippen LogP contribution in [-0.2, 0) is 10.0 Å². The van der Waals surface area contributed by atoms with Gasteiger partial charge in [0.25, 0.3) is 0 Å². The van der Waals surface area contributed by atoms with E-state index in [9.17, 15) is 22.0 Å². The zero-order valence-corrected chi connectivity index (χ0v) is 15.5. The van der Waals surface area contributed by atoms with E-state index >= 15 is 0 Å². The zero-order chi connectivity index (χ0) is 19.1. The summed E-state index contributed by atoms with van der Waals surface area (Å²) in [7, 11) is -3.79. The number of hydrogen-bond donors (Lipinski definition) is 1. The third kappa shape index (κ3) is 3.77. The minimum absolute atomic E-state index is 0.129. The molecule has 138 valence electrons. The van der Waals surface area contributed by atoms with Gasteiger partial charge in [-0.2, -0.15) is 13.5 Å². The van der Waals surface area contributed by atoms with Crippen LogP contribution in [0.1, 0.15) is 26.2 Å². The standard InChI is InChI=1S/C12H13Cl2F2N5O3S/c1-5(2)25(23,24)19-9-7(13)4-8(14)10(17-9)21-12(22)20(11(15)16)6(3)18-21/h4-5,11H,1-3H3,(H,17,19). The van der Waals surface area contributed by atoms with Gasteiger partial charge in [0.1, 0.15) is 5.82 Å². The molecule has 2 aromatic rings. The molecule has 2 rings (SSSR count). The van der Waals surface area contributed by atoms with Gasteiger partial charge in [-0.05, 0) is 26.8 Å². The molecule has 0 aliphatic heterocycles. The number of aryl methyl sites for hydroxylation is 1. The molecule has 0 radical (unpaired) electrons. The van der Waals surface area contributed by atoms with Gasteiger partial charge in [-0.25, -0.2) is 22.8 Å². The first-order valence-electron chi connectivity index (χ1n) is 6.80. The molecule has 0 fully saturated rings. The van der Waals surface area contributed by atoms with Crippen LogP contribution in [0, 0.1) is 6.92 Å². The molecule has 0 saturated heterocycles. The summed E-state index contributed by atoms with van der Waals surface area (Å²) >= 11 is 11.9. The maximum atomic E-state index is 12.9. The Morgan fingerprint density at radius 2 is 1.84 bits per heavy atom. The number of halogens is 4. The van der Waals surface area contributed by atoms with Gasteiger partial charge in [-0.3, -0.25) is 4.72 Å². The SMILES string of the molecule is Cc1nn(-c2nc(NS(=O)(=O)C(C)C)c(Cl)cc2Cl)c(=O)n1C(F)F. The summed E-state index contributed by atoms with van der Waals surface area (Å²) in [5.41, 5.74) is -1.18. The summed E-state index contributed by atoms with van der Waals surface area (Å²) in [6, 6.07) is 1.13. The molecule has 2 aromatic heterocycles. The predicted octanol–water partition coefficient (Wildman–Crippen LogP) is 2.59. The van der Waals surface area contributed by atoms with Gasteiger partial charge >= 0.3 is 12.2 Å². The zero-order valence-electron chi connectivity index (χ0n) is 13.2. The van der Waals surface area contributed by atoms with E-state index in [4.69, 9.17) is 23.2 Å². The molecule has 0 aromatic carbocycles. The van der Waals surface area contributed by atoms with Crippen LogP contribution in [-0.4, -0.2) is 33.0 Å². The number of hydrogen-bond acceptors (Lipinski definition) is 5. The van der Waals surface area contributed by atoms with E-state index in [1.807, 2.05) is 0 Å². The normalized spacial score (nSPS) is 12.2. The second-order valence-electron chi connectivity index (χ2n) is 5.21. The van der Waals surface area contributed by atoms with Crippen molar-refractivity contribution in [3.05, 3.63) is 32.4 Å². The maximum absolute atomic E-state index is 12.9. The van der Waals surface area contributed by atoms with Crippen LogP contribution in [0.25, 0.3) is 5.82 Å². The van der Waals surface area contributed by atoms with Crippen molar-refractivity contribution < 1.29 is 17.2 Å². The molecule has 0 saturated carbocycles. The molecule has 2 heterocycles. The van der Waals surface area contributed by atoms with Gasteiger partial charge in [0.15, 0.2) is 11.6 Å². The Balaban J connectivity index is 2.63. The molecular formula is C12H13Cl2F2N5O3S. The number of nitrogens with zero attached hydrogens (tertiary/aromatic N) is 4. The Kier molecular flexibility index (Phi) is 5.40. The Morgan fingerprint density at radius 3 is 2.32 bits per heavy atom. The average molecular weight is 416 g/mol. The van der Waals surface area contributed by atoms with Crippen molar-refractivity contribution in [3.63, 3.8) is 0 Å². The number of nitrogens with one attached hydrogen (secondary N) is 1. The summed E-state index contributed by atoms with van der Waals surface area (Å²) in [4.78, 5) is 16.0. The fourth-order valence-electron chi connectivity index (χ4n) is 1.77. The first-order chi connectivity index (χ1) is 11.5. The summed E-state index contributed by atoms with van der Waals surface area (Å²) in [6.07, 6.45) is 0. The molecule has 0 atom stereocenters. The summed E-state index contributed by atoms with van der Waals surface area (Å²) < 4.78 is 52.6. The molecule has 8 nitrogen and oxygen atoms in total. The monoisotopic (exact) mass is 415 g/mol. The second-order valence-corrected chi connectivity index (χ2v) is 8.26. The quantitative estimate of drug-likeness (QED) is 0.808. The number of alkyl halides is 2. The highest BCUT2D eigenvalue weighted by atomic mass is 35.5. The van der Waals surface area contributed by atoms with Crippen molar-refractivity contribution in [1.29, 1.82) is 0 Å². The van der Waals surface area contributed by atoms with E-state index in [1.165, 1.54) is 20.8 Å². The highest BCUT2D eigenvalue weighted by molar-refractivity contribution is 7.93. The lowest BCUT2D eigenvalue weighted by molar-refractivity contribution is 0.0640. The molecule has 0 unspecified atom stereocenters. The molecule has 0 spiro atoms. The molecular weight excluding hydrogens is 403 g/mol. The Morgan fingerprint density at radius 1 is 1.24 bits per heavy atom. The van der Waals surface area contributed by atoms with Crippen LogP contribution in [0.4, 0.5) is 14.6 Å². The molecule has 25 heavy (non-hydrogen) atoms. The minimum Gasteiger partial charge on any atom is -0.266 e. The van der Waals surface area contributed by atoms with Crippen molar-refractivity contribution in [2.75, 3.05) is 4.72 Å². The highest BCUT2D eigenvalue weighted by Crippen LogP contribution is 2.28. The molecule has 0 aliphatic carbocycles. The topological polar surface area (TPSA) is 98.9 Å². The van der Waals surface area contributed by atoms with Crippen LogP contribution in [0.15, 0.2) is 10.9 Å². The van der Waals surface area contributed by atoms with Gasteiger partial charge in [0, 0.05) is 0 Å². The second kappa shape index (κ2) is 6.89. The van der Waals surface area contributed by atoms with Gasteiger partial charge in [0.2, 0.25) is 10.0 Å². The van der Waals surface area contributed by atoms with E-state index in [0.29, 0.717) is 4.68 Å². The van der Waals surface area contributed by atoms with Crippen molar-refractivity contribution in [2.45, 2.75) is 32.6 Å². The molecule has 0 bridgehead atoms. The largest absolute Gasteiger partial charge is 0.356 e. The Hall–Kier alpha value is -1.72. The lowest BCUT2D eigenvalue weighted by Crippen LogP contribution is -2.26. The molecule has 0 amide bonds. The van der Waals surface area contributed by atoms with Crippen LogP contribution >= 0.6 is 23.2 Å². The maximum Gasteiger partial charge on any atom is 0.356 e. The minimum atomic E-state index is -3.79. The molecule has 0 aliphatic rings. The number of aromatic nitrogens is 4. The van der Waals surface area contributed by atoms with E-state index in [2.05, 4.69) is 14.8 Å². The van der Waals surface area contributed by atoms with Gasteiger partial charge in [0.05, 0.1) is 15.3 Å². The summed E-state index contributed by atoms with van der Waals surface area (Å²) in [5, 5.41) is 2.60. The molecule has 1 N–H and O–H groups in total. The number of sulfonamides is 1. The number of pyridine rings is 1. The highest BCUT2D eigenvalue weighted by Gasteiger charge is 2.23. The van der Waals surface area contributed by atoms with Crippen LogP contribution < -0.4 is 10.4 Å². The van der Waals surface area contributed by atoms with Crippen LogP contribution in [0.3, 0.4) is 0 Å². The van der Waals surface area contributed by atoms with E-state index in [0.717, 1.165) is 6.07 Å². The lowest BCUT2D eigenvalue weighted by Gasteiger charge is -2.13. The van der Waals surface area contributed by atoms with Crippen LogP contribution in [0.2, 0.25) is 10.0 Å². The third-order valence-electron chi connectivity index (χ3n) is 3.15. The molecule has 13 heteroatoms.